The predicted molar refractivity (Wildman–Crippen MR) is 14.9 cm³/mol. The van der Waals surface area contributed by atoms with Crippen LogP contribution in [-0.4, -0.2) is 0 Å². The molecule has 0 aromatic carbocycles. The van der Waals surface area contributed by atoms with Crippen LogP contribution >= 0.6 is 17.2 Å². The zero-order chi connectivity index (χ0) is 5.86. The number of rotatable bonds is 2. The van der Waals surface area contributed by atoms with Gasteiger partial charge in [-0.3, -0.25) is 0 Å². The summed E-state index contributed by atoms with van der Waals surface area (Å²) < 4.78 is 3.16. The van der Waals surface area contributed by atoms with Gasteiger partial charge in [-0.1, -0.05) is 0 Å². The molecule has 0 aromatic heterocycles. The van der Waals surface area contributed by atoms with Crippen LogP contribution in [0.1, 0.15) is 0 Å². The molecule has 7 heteroatoms. The van der Waals surface area contributed by atoms with Crippen LogP contribution in [0.4, 0.5) is 0 Å². The van der Waals surface area contributed by atoms with E-state index in [1.807, 2.05) is 0 Å². The maximum atomic E-state index is 9.24. The van der Waals surface area contributed by atoms with Crippen LogP contribution in [0, 0.1) is 0 Å². The summed E-state index contributed by atoms with van der Waals surface area (Å²) in [6, 6.07) is 0. The molecule has 0 bridgehead atoms. The second kappa shape index (κ2) is 3.64. The maximum absolute atomic E-state index is 9.24. The highest BCUT2D eigenvalue weighted by atomic mass is 31.2. The van der Waals surface area contributed by atoms with Gasteiger partial charge in [0.15, 0.2) is 0 Å². The van der Waals surface area contributed by atoms with E-state index in [1.165, 1.54) is 0 Å². The molecule has 0 amide bonds. The van der Waals surface area contributed by atoms with E-state index >= 15 is 0 Å². The molecule has 0 saturated heterocycles. The van der Waals surface area contributed by atoms with Crippen molar-refractivity contribution in [1.29, 1.82) is 0 Å². The van der Waals surface area contributed by atoms with E-state index < -0.39 is 17.2 Å². The molecule has 0 unspecified atom stereocenters. The van der Waals surface area contributed by atoms with Gasteiger partial charge < -0.3 is 23.9 Å². The van der Waals surface area contributed by atoms with Crippen LogP contribution < -0.4 is 19.6 Å². The van der Waals surface area contributed by atoms with Crippen molar-refractivity contribution in [3.8, 4) is 0 Å². The molecule has 7 heavy (non-hydrogen) atoms. The van der Waals surface area contributed by atoms with E-state index in [4.69, 9.17) is 0 Å². The molecule has 0 aromatic rings. The average molecular weight is 142 g/mol. The Morgan fingerprint density at radius 2 is 1.14 bits per heavy atom. The summed E-state index contributed by atoms with van der Waals surface area (Å²) in [6.45, 7) is 0. The summed E-state index contributed by atoms with van der Waals surface area (Å²) in [6.07, 6.45) is 0. The zero-order valence-corrected chi connectivity index (χ0v) is 4.72. The fourth-order valence-corrected chi connectivity index (χ4v) is 0.490. The van der Waals surface area contributed by atoms with E-state index in [0.717, 1.165) is 0 Å². The molecule has 0 N–H and O–H groups in total. The Kier molecular flexibility index (Phi) is 3.98. The smallest absolute Gasteiger partial charge is 0.159 e. The van der Waals surface area contributed by atoms with Gasteiger partial charge in [-0.05, 0) is 0 Å². The third-order valence-electron chi connectivity index (χ3n) is 0.133. The van der Waals surface area contributed by atoms with E-state index in [-0.39, 0.29) is 0 Å². The molecule has 5 nitrogen and oxygen atoms in total. The summed E-state index contributed by atoms with van der Waals surface area (Å²) in [7, 11) is -6.47. The lowest BCUT2D eigenvalue weighted by Crippen LogP contribution is -2.16. The fourth-order valence-electron chi connectivity index (χ4n) is 0.0544. The van der Waals surface area contributed by atoms with Gasteiger partial charge in [0.25, 0.3) is 0 Å². The summed E-state index contributed by atoms with van der Waals surface area (Å²) in [5.41, 5.74) is 0. The van der Waals surface area contributed by atoms with Crippen molar-refractivity contribution in [2.75, 3.05) is 0 Å². The Hall–Kier alpha value is 0.660. The Balaban J connectivity index is 2.95. The second-order valence-electron chi connectivity index (χ2n) is 0.529. The number of hydrogen-bond acceptors (Lipinski definition) is 5. The Morgan fingerprint density at radius 3 is 1.14 bits per heavy atom. The predicted octanol–water partition coefficient (Wildman–Crippen LogP) is -3.10. The number of hydrogen-bond donors (Lipinski definition) is 0. The van der Waals surface area contributed by atoms with E-state index in [1.54, 1.807) is 0 Å². The Morgan fingerprint density at radius 1 is 0.857 bits per heavy atom. The third kappa shape index (κ3) is 6.66. The normalized spacial score (nSPS) is 11.1. The molecule has 0 fully saturated rings. The van der Waals surface area contributed by atoms with Gasteiger partial charge in [0.1, 0.15) is 0 Å². The highest BCUT2D eigenvalue weighted by molar-refractivity contribution is 7.50. The average Bonchev–Trinajstić information content (AvgIpc) is 1.27. The largest absolute Gasteiger partial charge is 0.820 e. The van der Waals surface area contributed by atoms with E-state index in [9.17, 15) is 19.6 Å². The fraction of sp³-hybridized carbons (Fsp3) is 0. The summed E-state index contributed by atoms with van der Waals surface area (Å²) in [5.74, 6) is 0. The third-order valence-corrected chi connectivity index (χ3v) is 1.20. The molecule has 0 spiro atoms. The van der Waals surface area contributed by atoms with Crippen LogP contribution in [0.15, 0.2) is 0 Å². The molecule has 0 aliphatic heterocycles. The SMILES string of the molecule is [O-]P([O-])OP([O-])[O-]. The molecule has 0 atom stereocenters. The Labute approximate surface area is 42.2 Å². The molecule has 0 heterocycles. The topological polar surface area (TPSA) is 101 Å². The minimum Gasteiger partial charge on any atom is -0.820 e. The first-order valence-corrected chi connectivity index (χ1v) is 3.29. The van der Waals surface area contributed by atoms with E-state index in [0.29, 0.717) is 0 Å². The summed E-state index contributed by atoms with van der Waals surface area (Å²) in [4.78, 5) is 37.0. The highest BCUT2D eigenvalue weighted by Gasteiger charge is 1.64. The monoisotopic (exact) mass is 142 g/mol. The standard InChI is InChI=1S/O5P2/c1-6(2)5-7(3)4/q-4. The second-order valence-corrected chi connectivity index (χ2v) is 2.08. The van der Waals surface area contributed by atoms with Gasteiger partial charge in [-0.15, -0.1) is 0 Å². The molecular weight excluding hydrogens is 142 g/mol. The molecule has 0 saturated carbocycles. The van der Waals surface area contributed by atoms with Crippen LogP contribution in [0.5, 0.6) is 0 Å². The lowest BCUT2D eigenvalue weighted by Gasteiger charge is -2.41. The van der Waals surface area contributed by atoms with Crippen LogP contribution in [0.3, 0.4) is 0 Å². The lowest BCUT2D eigenvalue weighted by atomic mass is 15.7. The molecule has 0 aliphatic carbocycles. The van der Waals surface area contributed by atoms with Gasteiger partial charge >= 0.3 is 0 Å². The minimum absolute atomic E-state index is 3.16. The van der Waals surface area contributed by atoms with Crippen molar-refractivity contribution in [2.24, 2.45) is 0 Å². The van der Waals surface area contributed by atoms with Crippen molar-refractivity contribution in [3.63, 3.8) is 0 Å². The molecule has 0 radical (unpaired) electrons. The van der Waals surface area contributed by atoms with Gasteiger partial charge in [-0.25, -0.2) is 0 Å². The first-order chi connectivity index (χ1) is 3.13. The Bertz CT molecular complexity index is 35.3. The van der Waals surface area contributed by atoms with Crippen molar-refractivity contribution in [2.45, 2.75) is 0 Å². The van der Waals surface area contributed by atoms with Crippen molar-refractivity contribution < 1.29 is 23.9 Å². The maximum Gasteiger partial charge on any atom is -0.159 e. The van der Waals surface area contributed by atoms with Crippen LogP contribution in [0.25, 0.3) is 0 Å². The van der Waals surface area contributed by atoms with Crippen LogP contribution in [-0.2, 0) is 4.31 Å². The zero-order valence-electron chi connectivity index (χ0n) is 2.94. The van der Waals surface area contributed by atoms with Crippen molar-refractivity contribution in [3.05, 3.63) is 0 Å². The summed E-state index contributed by atoms with van der Waals surface area (Å²) in [5, 5.41) is 0. The van der Waals surface area contributed by atoms with Gasteiger partial charge in [0.2, 0.25) is 0 Å². The lowest BCUT2D eigenvalue weighted by molar-refractivity contribution is -0.338. The quantitative estimate of drug-likeness (QED) is 0.380. The van der Waals surface area contributed by atoms with Gasteiger partial charge in [0, 0.05) is 0 Å². The minimum atomic E-state index is -3.24. The van der Waals surface area contributed by atoms with E-state index in [2.05, 4.69) is 4.31 Å². The van der Waals surface area contributed by atoms with Crippen LogP contribution in [0.2, 0.25) is 0 Å². The molecular formula is O5P2-4. The highest BCUT2D eigenvalue weighted by Crippen LogP contribution is 2.29. The first kappa shape index (κ1) is 7.66. The first-order valence-electron chi connectivity index (χ1n) is 1.10. The summed E-state index contributed by atoms with van der Waals surface area (Å²) >= 11 is 0. The van der Waals surface area contributed by atoms with Crippen molar-refractivity contribution in [1.82, 2.24) is 0 Å². The van der Waals surface area contributed by atoms with Gasteiger partial charge in [0.05, 0.1) is 0 Å². The molecule has 44 valence electrons. The molecule has 0 rings (SSSR count). The van der Waals surface area contributed by atoms with Crippen molar-refractivity contribution >= 4 is 17.2 Å². The molecule has 0 aliphatic rings. The van der Waals surface area contributed by atoms with Gasteiger partial charge in [-0.2, -0.15) is 17.2 Å².